The predicted octanol–water partition coefficient (Wildman–Crippen LogP) is 12.4. The topological polar surface area (TPSA) is 133 Å². The summed E-state index contributed by atoms with van der Waals surface area (Å²) in [5.74, 6) is -52.8. The van der Waals surface area contributed by atoms with Crippen molar-refractivity contribution in [1.29, 1.82) is 0 Å². The number of alkyl halides is 15. The summed E-state index contributed by atoms with van der Waals surface area (Å²) < 4.78 is 187. The van der Waals surface area contributed by atoms with Crippen LogP contribution in [0.1, 0.15) is 148 Å². The fourth-order valence-electron chi connectivity index (χ4n) is 3.50. The van der Waals surface area contributed by atoms with Gasteiger partial charge in [0, 0.05) is 1.43 Å². The molecular weight excluding hydrogens is 783 g/mol. The largest absolute Gasteiger partial charge is 0.477 e. The van der Waals surface area contributed by atoms with Crippen LogP contribution >= 0.6 is 0 Å². The van der Waals surface area contributed by atoms with E-state index in [0.29, 0.717) is 0 Å². The molecule has 0 aromatic heterocycles. The summed E-state index contributed by atoms with van der Waals surface area (Å²) in [6.45, 7) is 9.61. The van der Waals surface area contributed by atoms with E-state index in [2.05, 4.69) is 26.1 Å². The lowest BCUT2D eigenvalue weighted by atomic mass is 9.91. The summed E-state index contributed by atoms with van der Waals surface area (Å²) in [5, 5.41) is 10.7. The Morgan fingerprint density at radius 2 is 0.745 bits per heavy atom. The second-order valence-corrected chi connectivity index (χ2v) is 11.2. The SMILES string of the molecule is C.C.C.C.CCCCCCCN.CCCCCCCN.CCCCCCCNC.O.O=C(O)C(F)(F)C(F)(F)C(F)(F)C(F)(F)C(F)(F)C(F)(F)C(F)(F)F.[2HH]. The normalized spacial score (nSPS) is 11.8. The first-order chi connectivity index (χ1) is 22.7. The molecule has 6 nitrogen and oxygen atoms in total. The Morgan fingerprint density at radius 3 is 0.982 bits per heavy atom. The molecule has 0 saturated carbocycles. The van der Waals surface area contributed by atoms with E-state index in [1.54, 1.807) is 0 Å². The van der Waals surface area contributed by atoms with Crippen LogP contribution in [0.3, 0.4) is 0 Å². The number of hydrogen-bond acceptors (Lipinski definition) is 4. The van der Waals surface area contributed by atoms with Gasteiger partial charge in [-0.1, -0.05) is 128 Å². The third-order valence-corrected chi connectivity index (χ3v) is 6.74. The van der Waals surface area contributed by atoms with Crippen LogP contribution in [-0.4, -0.2) is 84.9 Å². The molecule has 0 spiro atoms. The maximum Gasteiger partial charge on any atom is 0.460 e. The number of unbranched alkanes of at least 4 members (excludes halogenated alkanes) is 12. The maximum absolute atomic E-state index is 12.8. The molecule has 8 N–H and O–H groups in total. The minimum Gasteiger partial charge on any atom is -0.477 e. The highest BCUT2D eigenvalue weighted by molar-refractivity contribution is 5.77. The average Bonchev–Trinajstić information content (AvgIpc) is 3.01. The van der Waals surface area contributed by atoms with Gasteiger partial charge in [0.05, 0.1) is 0 Å². The summed E-state index contributed by atoms with van der Waals surface area (Å²) in [4.78, 5) is 9.72. The van der Waals surface area contributed by atoms with Crippen molar-refractivity contribution in [2.75, 3.05) is 26.7 Å². The predicted molar refractivity (Wildman–Crippen MR) is 194 cm³/mol. The van der Waals surface area contributed by atoms with Gasteiger partial charge in [-0.2, -0.15) is 65.9 Å². The van der Waals surface area contributed by atoms with Crippen LogP contribution in [0.25, 0.3) is 0 Å². The fraction of sp³-hybridized carbons (Fsp3) is 0.971. The van der Waals surface area contributed by atoms with Crippen LogP contribution in [0.2, 0.25) is 0 Å². The van der Waals surface area contributed by atoms with E-state index in [0.717, 1.165) is 13.1 Å². The Kier molecular flexibility index (Phi) is 47.8. The third-order valence-electron chi connectivity index (χ3n) is 6.74. The first kappa shape index (κ1) is 74.3. The second-order valence-electron chi connectivity index (χ2n) is 11.2. The Bertz CT molecular complexity index is 829. The number of nitrogens with two attached hydrogens (primary N) is 2. The number of carboxylic acids is 1. The van der Waals surface area contributed by atoms with E-state index in [1.165, 1.54) is 103 Å². The molecule has 0 radical (unpaired) electrons. The molecule has 0 rings (SSSR count). The van der Waals surface area contributed by atoms with Crippen molar-refractivity contribution >= 4 is 5.97 Å². The highest BCUT2D eigenvalue weighted by Gasteiger charge is 2.94. The molecule has 0 amide bonds. The first-order valence-electron chi connectivity index (χ1n) is 16.3. The molecule has 348 valence electrons. The van der Waals surface area contributed by atoms with Gasteiger partial charge in [-0.05, 0) is 45.9 Å². The lowest BCUT2D eigenvalue weighted by molar-refractivity contribution is -0.450. The molecule has 0 aromatic rings. The molecule has 0 aromatic carbocycles. The molecule has 0 atom stereocenters. The molecule has 0 fully saturated rings. The van der Waals surface area contributed by atoms with Crippen LogP contribution in [0, 0.1) is 0 Å². The smallest absolute Gasteiger partial charge is 0.460 e. The van der Waals surface area contributed by atoms with Crippen molar-refractivity contribution in [1.82, 2.24) is 5.32 Å². The zero-order chi connectivity index (χ0) is 40.5. The number of rotatable bonds is 22. The molecule has 0 heterocycles. The van der Waals surface area contributed by atoms with Gasteiger partial charge in [-0.15, -0.1) is 0 Å². The second kappa shape index (κ2) is 35.4. The van der Waals surface area contributed by atoms with Gasteiger partial charge in [-0.25, -0.2) is 4.79 Å². The van der Waals surface area contributed by atoms with Gasteiger partial charge in [0.1, 0.15) is 0 Å². The molecule has 0 bridgehead atoms. The fourth-order valence-corrected chi connectivity index (χ4v) is 3.50. The zero-order valence-corrected chi connectivity index (χ0v) is 29.4. The molecule has 21 heteroatoms. The maximum atomic E-state index is 12.8. The van der Waals surface area contributed by atoms with Crippen LogP contribution < -0.4 is 16.8 Å². The standard InChI is InChI=1S/C8HF15O2.C8H19N.2C7H17N.4CH4.H2O.H2/c9-2(10,1(24)25)3(11,12)4(13,14)5(15,16)6(17,18)7(19,20)8(21,22)23;1-3-4-5-6-7-8-9-2;2*1-2-3-4-5-6-7-8;;;;;;/h(H,24,25);9H,3-8H2,1-2H3;2*2-8H2,1H3;4*1H4;1H2;1H/i;;;;;;;;;1+1. The molecule has 0 aliphatic carbocycles. The Hall–Kier alpha value is -1.74. The van der Waals surface area contributed by atoms with Gasteiger partial charge in [-0.3, -0.25) is 0 Å². The van der Waals surface area contributed by atoms with E-state index >= 15 is 0 Å². The van der Waals surface area contributed by atoms with Crippen molar-refractivity contribution < 1.29 is 82.7 Å². The highest BCUT2D eigenvalue weighted by atomic mass is 19.4. The van der Waals surface area contributed by atoms with E-state index < -0.39 is 47.7 Å². The Morgan fingerprint density at radius 1 is 0.491 bits per heavy atom. The van der Waals surface area contributed by atoms with Gasteiger partial charge >= 0.3 is 47.7 Å². The van der Waals surface area contributed by atoms with Crippen LogP contribution in [0.4, 0.5) is 65.9 Å². The average molecular weight is 859 g/mol. The van der Waals surface area contributed by atoms with Crippen LogP contribution in [0.15, 0.2) is 0 Å². The van der Waals surface area contributed by atoms with E-state index in [4.69, 9.17) is 16.6 Å². The number of hydrogen-bond donors (Lipinski definition) is 4. The van der Waals surface area contributed by atoms with Crippen molar-refractivity contribution in [3.05, 3.63) is 0 Å². The molecule has 0 saturated heterocycles. The van der Waals surface area contributed by atoms with E-state index in [-0.39, 0.29) is 36.6 Å². The minimum atomic E-state index is -8.47. The molecule has 0 aliphatic rings. The van der Waals surface area contributed by atoms with Crippen LogP contribution in [-0.2, 0) is 4.79 Å². The van der Waals surface area contributed by atoms with Crippen LogP contribution in [0.5, 0.6) is 0 Å². The third kappa shape index (κ3) is 23.9. The van der Waals surface area contributed by atoms with Crippen molar-refractivity contribution in [3.8, 4) is 0 Å². The summed E-state index contributed by atoms with van der Waals surface area (Å²) in [6, 6.07) is 0. The molecular formula is C34H74F15N3O3. The van der Waals surface area contributed by atoms with Crippen molar-refractivity contribution in [3.63, 3.8) is 0 Å². The van der Waals surface area contributed by atoms with Crippen molar-refractivity contribution in [2.24, 2.45) is 11.5 Å². The number of aliphatic carboxylic acids is 1. The number of carbonyl (C=O) groups is 1. The molecule has 0 aliphatic heterocycles. The Balaban J connectivity index is -0.0000000711. The van der Waals surface area contributed by atoms with Gasteiger partial charge in [0.25, 0.3) is 0 Å². The van der Waals surface area contributed by atoms with Gasteiger partial charge in [0.2, 0.25) is 0 Å². The Labute approximate surface area is 320 Å². The quantitative estimate of drug-likeness (QED) is 0.0636. The monoisotopic (exact) mass is 859 g/mol. The van der Waals surface area contributed by atoms with Gasteiger partial charge in [0.15, 0.2) is 0 Å². The highest BCUT2D eigenvalue weighted by Crippen LogP contribution is 2.62. The summed E-state index contributed by atoms with van der Waals surface area (Å²) in [6.07, 6.45) is 12.4. The number of nitrogens with one attached hydrogen (secondary N) is 1. The summed E-state index contributed by atoms with van der Waals surface area (Å²) in [5.41, 5.74) is 10.6. The van der Waals surface area contributed by atoms with Crippen molar-refractivity contribution in [2.45, 2.75) is 189 Å². The summed E-state index contributed by atoms with van der Waals surface area (Å²) >= 11 is 0. The molecule has 0 unspecified atom stereocenters. The summed E-state index contributed by atoms with van der Waals surface area (Å²) in [7, 11) is 2.01. The zero-order valence-electron chi connectivity index (χ0n) is 29.4. The minimum absolute atomic E-state index is 0. The van der Waals surface area contributed by atoms with E-state index in [9.17, 15) is 70.7 Å². The number of carboxylic acid groups (broad SMARTS) is 1. The molecule has 55 heavy (non-hydrogen) atoms. The van der Waals surface area contributed by atoms with Gasteiger partial charge < -0.3 is 27.4 Å². The number of halogens is 15. The van der Waals surface area contributed by atoms with E-state index in [1.807, 2.05) is 7.05 Å². The first-order valence-corrected chi connectivity index (χ1v) is 16.3. The lowest BCUT2D eigenvalue weighted by Gasteiger charge is -2.40. The lowest BCUT2D eigenvalue weighted by Crippen LogP contribution is -2.73.